The molecule has 0 aliphatic carbocycles. The maximum atomic E-state index is 12.9. The predicted molar refractivity (Wildman–Crippen MR) is 254 cm³/mol. The molecule has 1 amide bonds. The van der Waals surface area contributed by atoms with Crippen molar-refractivity contribution in [2.24, 2.45) is 0 Å². The minimum absolute atomic E-state index is 0.0544. The van der Waals surface area contributed by atoms with Crippen molar-refractivity contribution in [3.8, 4) is 0 Å². The van der Waals surface area contributed by atoms with Crippen LogP contribution in [0.15, 0.2) is 36.5 Å². The Balaban J connectivity index is 4.08. The maximum absolute atomic E-state index is 12.9. The Kier molecular flexibility index (Phi) is 41.1. The van der Waals surface area contributed by atoms with Crippen LogP contribution < -0.4 is 5.32 Å². The number of phosphoric acid groups is 1. The van der Waals surface area contributed by atoms with Crippen LogP contribution in [0.4, 0.5) is 0 Å². The predicted octanol–water partition coefficient (Wildman–Crippen LogP) is 14.3. The molecule has 0 aliphatic rings. The lowest BCUT2D eigenvalue weighted by atomic mass is 10.0. The number of aliphatic hydroxyl groups is 1. The molecule has 0 saturated heterocycles. The summed E-state index contributed by atoms with van der Waals surface area (Å²) in [7, 11) is 1.55. The van der Waals surface area contributed by atoms with Gasteiger partial charge in [-0.05, 0) is 38.5 Å². The smallest absolute Gasteiger partial charge is 0.387 e. The molecule has 348 valence electrons. The highest BCUT2D eigenvalue weighted by molar-refractivity contribution is 7.47. The van der Waals surface area contributed by atoms with Gasteiger partial charge in [-0.3, -0.25) is 13.8 Å². The summed E-state index contributed by atoms with van der Waals surface area (Å²) >= 11 is 0. The van der Waals surface area contributed by atoms with E-state index in [2.05, 4.69) is 43.5 Å². The number of carbonyl (C=O) groups is 1. The highest BCUT2D eigenvalue weighted by Crippen LogP contribution is 2.43. The summed E-state index contributed by atoms with van der Waals surface area (Å²) in [4.78, 5) is 23.1. The quantitative estimate of drug-likeness (QED) is 0.0244. The van der Waals surface area contributed by atoms with Gasteiger partial charge in [0.05, 0.1) is 39.9 Å². The van der Waals surface area contributed by atoms with Crippen LogP contribution in [0.2, 0.25) is 0 Å². The van der Waals surface area contributed by atoms with Crippen molar-refractivity contribution >= 4 is 13.7 Å². The number of aliphatic hydroxyl groups excluding tert-OH is 1. The van der Waals surface area contributed by atoms with Crippen LogP contribution >= 0.6 is 7.82 Å². The minimum Gasteiger partial charge on any atom is -0.387 e. The number of hydrogen-bond acceptors (Lipinski definition) is 5. The number of phosphoric ester groups is 1. The van der Waals surface area contributed by atoms with Crippen molar-refractivity contribution in [1.82, 2.24) is 5.32 Å². The molecule has 0 aliphatic heterocycles. The van der Waals surface area contributed by atoms with E-state index in [1.165, 1.54) is 154 Å². The number of allylic oxidation sites excluding steroid dienone is 5. The number of quaternary nitrogens is 1. The monoisotopic (exact) mass is 854 g/mol. The Bertz CT molecular complexity index is 1060. The first-order valence-corrected chi connectivity index (χ1v) is 26.4. The highest BCUT2D eigenvalue weighted by atomic mass is 31.2. The second-order valence-electron chi connectivity index (χ2n) is 18.2. The van der Waals surface area contributed by atoms with Gasteiger partial charge in [0.25, 0.3) is 0 Å². The molecule has 3 unspecified atom stereocenters. The SMILES string of the molecule is CC/C=C/CC/C=C/CC/C=C/C(O)C(COP(=O)(O)OCC[N+](C)(C)C)NC(=O)CCCCCCCCCCCCCCCCCCCCCCCCCCCCC. The number of amides is 1. The molecule has 8 nitrogen and oxygen atoms in total. The zero-order valence-electron chi connectivity index (χ0n) is 39.5. The van der Waals surface area contributed by atoms with Gasteiger partial charge in [0, 0.05) is 6.42 Å². The van der Waals surface area contributed by atoms with Crippen LogP contribution in [0.25, 0.3) is 0 Å². The fraction of sp³-hybridized carbons (Fsp3) is 0.860. The number of carbonyl (C=O) groups excluding carboxylic acids is 1. The lowest BCUT2D eigenvalue weighted by molar-refractivity contribution is -0.870. The molecular weight excluding hydrogens is 756 g/mol. The topological polar surface area (TPSA) is 105 Å². The fourth-order valence-electron chi connectivity index (χ4n) is 7.20. The molecule has 0 aromatic heterocycles. The molecule has 9 heteroatoms. The second kappa shape index (κ2) is 42.0. The van der Waals surface area contributed by atoms with Gasteiger partial charge in [0.15, 0.2) is 0 Å². The first-order chi connectivity index (χ1) is 28.5. The fourth-order valence-corrected chi connectivity index (χ4v) is 7.94. The van der Waals surface area contributed by atoms with E-state index < -0.39 is 20.0 Å². The molecule has 0 heterocycles. The maximum Gasteiger partial charge on any atom is 0.472 e. The zero-order valence-corrected chi connectivity index (χ0v) is 40.4. The van der Waals surface area contributed by atoms with Crippen LogP contribution in [0.1, 0.15) is 226 Å². The number of nitrogens with one attached hydrogen (secondary N) is 1. The van der Waals surface area contributed by atoms with E-state index >= 15 is 0 Å². The Morgan fingerprint density at radius 2 is 0.949 bits per heavy atom. The van der Waals surface area contributed by atoms with E-state index in [9.17, 15) is 19.4 Å². The average molecular weight is 854 g/mol. The van der Waals surface area contributed by atoms with Gasteiger partial charge in [-0.15, -0.1) is 0 Å². The van der Waals surface area contributed by atoms with E-state index in [-0.39, 0.29) is 19.1 Å². The third-order valence-electron chi connectivity index (χ3n) is 11.1. The van der Waals surface area contributed by atoms with Gasteiger partial charge in [0.2, 0.25) is 5.91 Å². The standard InChI is InChI=1S/C50H97N2O6P/c1-6-8-10-12-14-16-18-19-20-21-22-23-24-25-26-27-28-29-30-31-32-33-34-36-38-40-42-44-50(54)51-48(47-58-59(55,56)57-46-45-52(3,4)5)49(53)43-41-39-37-35-17-15-13-11-9-7-2/h9,11,17,35,41,43,48-49,53H,6-8,10,12-16,18-34,36-40,42,44-47H2,1-5H3,(H-,51,54,55,56)/p+1/b11-9+,35-17+,43-41+. The molecule has 0 aromatic carbocycles. The zero-order chi connectivity index (χ0) is 43.6. The summed E-state index contributed by atoms with van der Waals surface area (Å²) in [6, 6.07) is -0.865. The van der Waals surface area contributed by atoms with E-state index in [1.807, 2.05) is 27.2 Å². The van der Waals surface area contributed by atoms with Gasteiger partial charge >= 0.3 is 7.82 Å². The van der Waals surface area contributed by atoms with Crippen molar-refractivity contribution in [3.05, 3.63) is 36.5 Å². The largest absolute Gasteiger partial charge is 0.472 e. The van der Waals surface area contributed by atoms with Gasteiger partial charge in [0.1, 0.15) is 13.2 Å². The second-order valence-corrected chi connectivity index (χ2v) is 19.6. The molecule has 3 N–H and O–H groups in total. The number of nitrogens with zero attached hydrogens (tertiary/aromatic N) is 1. The lowest BCUT2D eigenvalue weighted by Gasteiger charge is -2.25. The van der Waals surface area contributed by atoms with Gasteiger partial charge in [-0.25, -0.2) is 4.57 Å². The third kappa shape index (κ3) is 44.6. The van der Waals surface area contributed by atoms with E-state index in [1.54, 1.807) is 6.08 Å². The molecule has 0 rings (SSSR count). The molecule has 0 aromatic rings. The van der Waals surface area contributed by atoms with Gasteiger partial charge in [-0.2, -0.15) is 0 Å². The van der Waals surface area contributed by atoms with Gasteiger partial charge in [-0.1, -0.05) is 217 Å². The van der Waals surface area contributed by atoms with Crippen molar-refractivity contribution in [1.29, 1.82) is 0 Å². The van der Waals surface area contributed by atoms with Crippen LogP contribution in [0, 0.1) is 0 Å². The normalized spacial score (nSPS) is 14.5. The third-order valence-corrected chi connectivity index (χ3v) is 12.1. The number of rotatable bonds is 45. The summed E-state index contributed by atoms with van der Waals surface area (Å²) in [5.41, 5.74) is 0. The number of unbranched alkanes of at least 4 members (excludes halogenated alkanes) is 28. The Labute approximate surface area is 366 Å². The molecule has 3 atom stereocenters. The van der Waals surface area contributed by atoms with Crippen molar-refractivity contribution in [3.63, 3.8) is 0 Å². The molecule has 0 saturated carbocycles. The molecule has 59 heavy (non-hydrogen) atoms. The summed E-state index contributed by atoms with van der Waals surface area (Å²) in [6.07, 6.45) is 52.6. The molecule has 0 radical (unpaired) electrons. The molecule has 0 spiro atoms. The number of likely N-dealkylation sites (N-methyl/N-ethyl adjacent to an activating group) is 1. The van der Waals surface area contributed by atoms with Crippen LogP contribution in [0.5, 0.6) is 0 Å². The van der Waals surface area contributed by atoms with Gasteiger partial charge < -0.3 is 19.8 Å². The summed E-state index contributed by atoms with van der Waals surface area (Å²) in [6.45, 7) is 4.67. The van der Waals surface area contributed by atoms with Crippen LogP contribution in [0.3, 0.4) is 0 Å². The van der Waals surface area contributed by atoms with Crippen molar-refractivity contribution in [2.45, 2.75) is 238 Å². The number of hydrogen-bond donors (Lipinski definition) is 3. The van der Waals surface area contributed by atoms with E-state index in [0.717, 1.165) is 51.4 Å². The van der Waals surface area contributed by atoms with E-state index in [4.69, 9.17) is 9.05 Å². The van der Waals surface area contributed by atoms with E-state index in [0.29, 0.717) is 17.4 Å². The Morgan fingerprint density at radius 1 is 0.576 bits per heavy atom. The lowest BCUT2D eigenvalue weighted by Crippen LogP contribution is -2.45. The Hall–Kier alpha value is -1.28. The molecular formula is C50H98N2O6P+. The average Bonchev–Trinajstić information content (AvgIpc) is 3.19. The highest BCUT2D eigenvalue weighted by Gasteiger charge is 2.27. The first kappa shape index (κ1) is 57.7. The molecule has 0 fully saturated rings. The Morgan fingerprint density at radius 3 is 1.34 bits per heavy atom. The molecule has 0 bridgehead atoms. The van der Waals surface area contributed by atoms with Crippen LogP contribution in [-0.4, -0.2) is 73.4 Å². The van der Waals surface area contributed by atoms with Crippen LogP contribution in [-0.2, 0) is 18.4 Å². The summed E-state index contributed by atoms with van der Waals surface area (Å²) in [5, 5.41) is 13.8. The van der Waals surface area contributed by atoms with Crippen molar-refractivity contribution < 1.29 is 32.9 Å². The summed E-state index contributed by atoms with van der Waals surface area (Å²) in [5.74, 6) is -0.190. The van der Waals surface area contributed by atoms with Crippen molar-refractivity contribution in [2.75, 3.05) is 40.9 Å². The minimum atomic E-state index is -4.34. The summed E-state index contributed by atoms with van der Waals surface area (Å²) < 4.78 is 23.5. The first-order valence-electron chi connectivity index (χ1n) is 24.9.